The number of ether oxygens (including phenoxy) is 4. The predicted molar refractivity (Wildman–Crippen MR) is 59.2 cm³/mol. The van der Waals surface area contributed by atoms with Crippen molar-refractivity contribution in [2.24, 2.45) is 0 Å². The Balaban J connectivity index is 2.77. The maximum atomic E-state index is 5.36. The number of hydrogen-bond acceptors (Lipinski definition) is 4. The minimum Gasteiger partial charge on any atom is -0.464 e. The predicted octanol–water partition coefficient (Wildman–Crippen LogP) is 2.41. The summed E-state index contributed by atoms with van der Waals surface area (Å²) >= 11 is 3.37. The number of methoxy groups -OCH3 is 2. The fourth-order valence-electron chi connectivity index (χ4n) is 0.983. The Hall–Kier alpha value is -0.780. The first-order valence-electron chi connectivity index (χ1n) is 4.31. The molecule has 0 saturated carbocycles. The molecule has 0 heterocycles. The summed E-state index contributed by atoms with van der Waals surface area (Å²) in [5, 5.41) is 0. The van der Waals surface area contributed by atoms with Gasteiger partial charge in [-0.15, -0.1) is 0 Å². The maximum Gasteiger partial charge on any atom is 0.188 e. The number of para-hydroxylation sites is 1. The number of rotatable bonds is 6. The van der Waals surface area contributed by atoms with Crippen LogP contribution in [0, 0.1) is 0 Å². The molecule has 15 heavy (non-hydrogen) atoms. The lowest BCUT2D eigenvalue weighted by Crippen LogP contribution is -2.04. The van der Waals surface area contributed by atoms with Crippen LogP contribution in [-0.4, -0.2) is 27.8 Å². The van der Waals surface area contributed by atoms with Crippen molar-refractivity contribution in [1.82, 2.24) is 0 Å². The van der Waals surface area contributed by atoms with Gasteiger partial charge in [0.2, 0.25) is 0 Å². The summed E-state index contributed by atoms with van der Waals surface area (Å²) in [6.07, 6.45) is 0. The van der Waals surface area contributed by atoms with Gasteiger partial charge < -0.3 is 18.9 Å². The third-order valence-corrected chi connectivity index (χ3v) is 2.21. The van der Waals surface area contributed by atoms with E-state index in [4.69, 9.17) is 18.9 Å². The first-order chi connectivity index (χ1) is 7.29. The second kappa shape index (κ2) is 6.66. The fraction of sp³-hybridized carbons (Fsp3) is 0.400. The molecule has 0 aliphatic rings. The fourth-order valence-corrected chi connectivity index (χ4v) is 1.45. The number of hydrogen-bond donors (Lipinski definition) is 0. The Kier molecular flexibility index (Phi) is 5.45. The molecule has 0 radical (unpaired) electrons. The zero-order valence-corrected chi connectivity index (χ0v) is 10.2. The molecule has 0 fully saturated rings. The lowest BCUT2D eigenvalue weighted by molar-refractivity contribution is 0.0318. The summed E-state index contributed by atoms with van der Waals surface area (Å²) in [7, 11) is 3.13. The third-order valence-electron chi connectivity index (χ3n) is 1.58. The van der Waals surface area contributed by atoms with Crippen LogP contribution in [0.15, 0.2) is 22.7 Å². The van der Waals surface area contributed by atoms with Crippen LogP contribution in [0.1, 0.15) is 0 Å². The van der Waals surface area contributed by atoms with E-state index in [-0.39, 0.29) is 13.6 Å². The first-order valence-corrected chi connectivity index (χ1v) is 5.11. The van der Waals surface area contributed by atoms with Crippen LogP contribution in [0.4, 0.5) is 0 Å². The second-order valence-electron chi connectivity index (χ2n) is 2.67. The van der Waals surface area contributed by atoms with Gasteiger partial charge in [-0.2, -0.15) is 0 Å². The van der Waals surface area contributed by atoms with E-state index < -0.39 is 0 Å². The van der Waals surface area contributed by atoms with Crippen molar-refractivity contribution in [3.05, 3.63) is 22.7 Å². The standard InChI is InChI=1S/C10H13BrO4/c1-12-6-14-9-5-3-4-8(11)10(9)15-7-13-2/h3-5H,6-7H2,1-2H3. The van der Waals surface area contributed by atoms with Crippen LogP contribution >= 0.6 is 15.9 Å². The highest BCUT2D eigenvalue weighted by atomic mass is 79.9. The zero-order valence-electron chi connectivity index (χ0n) is 8.66. The lowest BCUT2D eigenvalue weighted by Gasteiger charge is -2.12. The molecule has 0 unspecified atom stereocenters. The van der Waals surface area contributed by atoms with E-state index >= 15 is 0 Å². The number of benzene rings is 1. The highest BCUT2D eigenvalue weighted by Crippen LogP contribution is 2.35. The van der Waals surface area contributed by atoms with Gasteiger partial charge in [0, 0.05) is 14.2 Å². The van der Waals surface area contributed by atoms with Crippen molar-refractivity contribution in [2.75, 3.05) is 27.8 Å². The van der Waals surface area contributed by atoms with Gasteiger partial charge in [0.05, 0.1) is 4.47 Å². The van der Waals surface area contributed by atoms with Crippen molar-refractivity contribution in [3.8, 4) is 11.5 Å². The molecule has 0 bridgehead atoms. The lowest BCUT2D eigenvalue weighted by atomic mass is 10.3. The Morgan fingerprint density at radius 2 is 1.73 bits per heavy atom. The summed E-state index contributed by atoms with van der Waals surface area (Å²) in [4.78, 5) is 0. The van der Waals surface area contributed by atoms with Gasteiger partial charge >= 0.3 is 0 Å². The van der Waals surface area contributed by atoms with Crippen molar-refractivity contribution in [2.45, 2.75) is 0 Å². The molecule has 0 amide bonds. The van der Waals surface area contributed by atoms with Gasteiger partial charge in [0.1, 0.15) is 0 Å². The van der Waals surface area contributed by atoms with E-state index in [9.17, 15) is 0 Å². The average molecular weight is 277 g/mol. The molecule has 0 aromatic heterocycles. The normalized spacial score (nSPS) is 10.1. The summed E-state index contributed by atoms with van der Waals surface area (Å²) in [6.45, 7) is 0.353. The molecule has 0 saturated heterocycles. The maximum absolute atomic E-state index is 5.36. The van der Waals surface area contributed by atoms with Crippen LogP contribution in [0.25, 0.3) is 0 Å². The minimum absolute atomic E-state index is 0.173. The Morgan fingerprint density at radius 1 is 1.07 bits per heavy atom. The number of halogens is 1. The molecule has 84 valence electrons. The van der Waals surface area contributed by atoms with E-state index in [1.807, 2.05) is 12.1 Å². The molecule has 4 nitrogen and oxygen atoms in total. The van der Waals surface area contributed by atoms with Crippen LogP contribution in [0.2, 0.25) is 0 Å². The van der Waals surface area contributed by atoms with Gasteiger partial charge in [0.25, 0.3) is 0 Å². The Labute approximate surface area is 97.2 Å². The van der Waals surface area contributed by atoms with Crippen molar-refractivity contribution < 1.29 is 18.9 Å². The molecule has 1 rings (SSSR count). The molecule has 0 aliphatic carbocycles. The van der Waals surface area contributed by atoms with Crippen LogP contribution in [-0.2, 0) is 9.47 Å². The summed E-state index contributed by atoms with van der Waals surface area (Å²) < 4.78 is 21.2. The molecular formula is C10H13BrO4. The molecular weight excluding hydrogens is 264 g/mol. The highest BCUT2D eigenvalue weighted by Gasteiger charge is 2.08. The molecule has 1 aromatic rings. The smallest absolute Gasteiger partial charge is 0.188 e. The summed E-state index contributed by atoms with van der Waals surface area (Å²) in [6, 6.07) is 5.52. The van der Waals surface area contributed by atoms with Crippen molar-refractivity contribution in [1.29, 1.82) is 0 Å². The molecule has 0 atom stereocenters. The van der Waals surface area contributed by atoms with Gasteiger partial charge in [0.15, 0.2) is 25.1 Å². The van der Waals surface area contributed by atoms with E-state index in [0.29, 0.717) is 11.5 Å². The third kappa shape index (κ3) is 3.70. The van der Waals surface area contributed by atoms with E-state index in [1.165, 1.54) is 0 Å². The van der Waals surface area contributed by atoms with Crippen molar-refractivity contribution in [3.63, 3.8) is 0 Å². The van der Waals surface area contributed by atoms with E-state index in [2.05, 4.69) is 15.9 Å². The average Bonchev–Trinajstić information content (AvgIpc) is 2.25. The highest BCUT2D eigenvalue weighted by molar-refractivity contribution is 9.10. The zero-order chi connectivity index (χ0) is 11.1. The minimum atomic E-state index is 0.173. The van der Waals surface area contributed by atoms with Gasteiger partial charge in [-0.05, 0) is 28.1 Å². The molecule has 5 heteroatoms. The molecule has 1 aromatic carbocycles. The van der Waals surface area contributed by atoms with E-state index in [0.717, 1.165) is 4.47 Å². The summed E-state index contributed by atoms with van der Waals surface area (Å²) in [5.41, 5.74) is 0. The van der Waals surface area contributed by atoms with Crippen LogP contribution < -0.4 is 9.47 Å². The SMILES string of the molecule is COCOc1cccc(Br)c1OCOC. The molecule has 0 aliphatic heterocycles. The molecule has 0 N–H and O–H groups in total. The summed E-state index contributed by atoms with van der Waals surface area (Å²) in [5.74, 6) is 1.22. The van der Waals surface area contributed by atoms with E-state index in [1.54, 1.807) is 20.3 Å². The second-order valence-corrected chi connectivity index (χ2v) is 3.52. The van der Waals surface area contributed by atoms with Gasteiger partial charge in [-0.3, -0.25) is 0 Å². The van der Waals surface area contributed by atoms with Gasteiger partial charge in [-0.25, -0.2) is 0 Å². The molecule has 0 spiro atoms. The van der Waals surface area contributed by atoms with Gasteiger partial charge in [-0.1, -0.05) is 6.07 Å². The first kappa shape index (κ1) is 12.3. The topological polar surface area (TPSA) is 36.9 Å². The van der Waals surface area contributed by atoms with Crippen LogP contribution in [0.5, 0.6) is 11.5 Å². The largest absolute Gasteiger partial charge is 0.464 e. The monoisotopic (exact) mass is 276 g/mol. The Bertz CT molecular complexity index is 303. The quantitative estimate of drug-likeness (QED) is 0.748. The van der Waals surface area contributed by atoms with Crippen molar-refractivity contribution >= 4 is 15.9 Å². The van der Waals surface area contributed by atoms with Crippen LogP contribution in [0.3, 0.4) is 0 Å². The Morgan fingerprint density at radius 3 is 2.40 bits per heavy atom.